The summed E-state index contributed by atoms with van der Waals surface area (Å²) in [4.78, 5) is 0.231. The van der Waals surface area contributed by atoms with Crippen LogP contribution >= 0.6 is 31.9 Å². The average Bonchev–Trinajstić information content (AvgIpc) is 2.40. The van der Waals surface area contributed by atoms with Gasteiger partial charge in [-0.3, -0.25) is 0 Å². The molecule has 2 heteroatoms. The van der Waals surface area contributed by atoms with Crippen LogP contribution in [0.25, 0.3) is 0 Å². The van der Waals surface area contributed by atoms with E-state index in [1.54, 1.807) is 0 Å². The van der Waals surface area contributed by atoms with E-state index in [4.69, 9.17) is 0 Å². The molecule has 1 atom stereocenters. The number of hydrogen-bond acceptors (Lipinski definition) is 0. The fourth-order valence-electron chi connectivity index (χ4n) is 2.22. The molecule has 0 nitrogen and oxygen atoms in total. The second-order valence-corrected chi connectivity index (χ2v) is 8.07. The van der Waals surface area contributed by atoms with Gasteiger partial charge < -0.3 is 0 Å². The van der Waals surface area contributed by atoms with E-state index >= 15 is 0 Å². The van der Waals surface area contributed by atoms with Crippen molar-refractivity contribution in [2.24, 2.45) is 0 Å². The molecule has 106 valence electrons. The lowest BCUT2D eigenvalue weighted by Crippen LogP contribution is -2.10. The van der Waals surface area contributed by atoms with Crippen LogP contribution in [0.5, 0.6) is 0 Å². The molecule has 0 aliphatic rings. The van der Waals surface area contributed by atoms with Crippen LogP contribution in [0.15, 0.2) is 46.9 Å². The lowest BCUT2D eigenvalue weighted by Gasteiger charge is -2.20. The third kappa shape index (κ3) is 3.53. The van der Waals surface area contributed by atoms with E-state index < -0.39 is 0 Å². The van der Waals surface area contributed by atoms with E-state index in [2.05, 4.69) is 102 Å². The van der Waals surface area contributed by atoms with Gasteiger partial charge in [-0.25, -0.2) is 0 Å². The Morgan fingerprint density at radius 3 is 2.10 bits per heavy atom. The second-order valence-electron chi connectivity index (χ2n) is 6.24. The van der Waals surface area contributed by atoms with Crippen LogP contribution < -0.4 is 0 Å². The van der Waals surface area contributed by atoms with E-state index in [0.717, 1.165) is 4.47 Å². The maximum atomic E-state index is 3.83. The summed E-state index contributed by atoms with van der Waals surface area (Å²) in [6.07, 6.45) is 0. The summed E-state index contributed by atoms with van der Waals surface area (Å²) >= 11 is 7.39. The summed E-state index contributed by atoms with van der Waals surface area (Å²) in [5, 5.41) is 0. The highest BCUT2D eigenvalue weighted by molar-refractivity contribution is 9.10. The Morgan fingerprint density at radius 1 is 0.950 bits per heavy atom. The number of hydrogen-bond donors (Lipinski definition) is 0. The maximum Gasteiger partial charge on any atom is 0.0647 e. The monoisotopic (exact) mass is 394 g/mol. The van der Waals surface area contributed by atoms with Crippen LogP contribution in [0.3, 0.4) is 0 Å². The van der Waals surface area contributed by atoms with Crippen molar-refractivity contribution in [3.05, 3.63) is 69.2 Å². The lowest BCUT2D eigenvalue weighted by molar-refractivity contribution is 0.590. The predicted octanol–water partition coefficient (Wildman–Crippen LogP) is 6.54. The van der Waals surface area contributed by atoms with Gasteiger partial charge >= 0.3 is 0 Å². The molecule has 0 bridgehead atoms. The van der Waals surface area contributed by atoms with Gasteiger partial charge in [0.25, 0.3) is 0 Å². The Labute approximate surface area is 138 Å². The summed E-state index contributed by atoms with van der Waals surface area (Å²) in [5.41, 5.74) is 5.47. The normalized spacial score (nSPS) is 13.3. The number of alkyl halides is 1. The first-order valence-electron chi connectivity index (χ1n) is 6.79. The maximum absolute atomic E-state index is 3.83. The molecule has 0 fully saturated rings. The van der Waals surface area contributed by atoms with Gasteiger partial charge in [0.1, 0.15) is 0 Å². The highest BCUT2D eigenvalue weighted by Gasteiger charge is 2.16. The van der Waals surface area contributed by atoms with Crippen molar-refractivity contribution in [3.8, 4) is 0 Å². The van der Waals surface area contributed by atoms with Crippen molar-refractivity contribution in [3.63, 3.8) is 0 Å². The van der Waals surface area contributed by atoms with E-state index in [0.29, 0.717) is 0 Å². The first-order chi connectivity index (χ1) is 9.29. The molecule has 0 heterocycles. The van der Waals surface area contributed by atoms with Gasteiger partial charge in [-0.05, 0) is 46.7 Å². The molecule has 2 aromatic carbocycles. The summed E-state index contributed by atoms with van der Waals surface area (Å²) in [6.45, 7) is 8.88. The summed E-state index contributed by atoms with van der Waals surface area (Å²) in [7, 11) is 0. The third-order valence-corrected chi connectivity index (χ3v) is 5.10. The topological polar surface area (TPSA) is 0 Å². The molecule has 0 aliphatic heterocycles. The highest BCUT2D eigenvalue weighted by atomic mass is 79.9. The van der Waals surface area contributed by atoms with Gasteiger partial charge in [0, 0.05) is 4.47 Å². The predicted molar refractivity (Wildman–Crippen MR) is 94.8 cm³/mol. The molecule has 0 spiro atoms. The minimum absolute atomic E-state index is 0.200. The minimum atomic E-state index is 0.200. The number of aryl methyl sites for hydroxylation is 1. The number of rotatable bonds is 2. The molecule has 1 unspecified atom stereocenters. The molecule has 0 saturated carbocycles. The van der Waals surface area contributed by atoms with Crippen molar-refractivity contribution in [2.45, 2.75) is 37.9 Å². The Morgan fingerprint density at radius 2 is 1.55 bits per heavy atom. The van der Waals surface area contributed by atoms with E-state index in [1.165, 1.54) is 22.3 Å². The highest BCUT2D eigenvalue weighted by Crippen LogP contribution is 2.35. The molecule has 20 heavy (non-hydrogen) atoms. The van der Waals surface area contributed by atoms with Gasteiger partial charge in [-0.2, -0.15) is 0 Å². The Hall–Kier alpha value is -0.600. The molecule has 2 aromatic rings. The summed E-state index contributed by atoms with van der Waals surface area (Å²) < 4.78 is 1.12. The van der Waals surface area contributed by atoms with Crippen LogP contribution in [0.4, 0.5) is 0 Å². The molecular formula is C18H20Br2. The van der Waals surface area contributed by atoms with Crippen LogP contribution in [-0.2, 0) is 5.41 Å². The molecule has 0 saturated heterocycles. The van der Waals surface area contributed by atoms with Crippen molar-refractivity contribution in [1.29, 1.82) is 0 Å². The second kappa shape index (κ2) is 6.03. The van der Waals surface area contributed by atoms with Crippen LogP contribution in [0.1, 0.15) is 47.9 Å². The van der Waals surface area contributed by atoms with Gasteiger partial charge in [-0.1, -0.05) is 83.0 Å². The summed E-state index contributed by atoms with van der Waals surface area (Å²) in [5.74, 6) is 0. The minimum Gasteiger partial charge on any atom is -0.0786 e. The molecule has 0 aromatic heterocycles. The van der Waals surface area contributed by atoms with Crippen LogP contribution in [-0.4, -0.2) is 0 Å². The van der Waals surface area contributed by atoms with Gasteiger partial charge in [0.15, 0.2) is 0 Å². The molecule has 0 aliphatic carbocycles. The standard InChI is InChI=1S/C18H20Br2/c1-12-5-10-15(19)11-16(12)17(20)13-6-8-14(9-7-13)18(2,3)4/h5-11,17H,1-4H3. The Bertz CT molecular complexity index is 592. The number of halogens is 2. The fourth-order valence-corrected chi connectivity index (χ4v) is 3.39. The smallest absolute Gasteiger partial charge is 0.0647 e. The fraction of sp³-hybridized carbons (Fsp3) is 0.333. The van der Waals surface area contributed by atoms with Crippen molar-refractivity contribution in [2.75, 3.05) is 0 Å². The average molecular weight is 396 g/mol. The zero-order valence-electron chi connectivity index (χ0n) is 12.4. The Kier molecular flexibility index (Phi) is 4.76. The number of benzene rings is 2. The summed E-state index contributed by atoms with van der Waals surface area (Å²) in [6, 6.07) is 15.3. The van der Waals surface area contributed by atoms with Crippen molar-refractivity contribution >= 4 is 31.9 Å². The van der Waals surface area contributed by atoms with Crippen LogP contribution in [0, 0.1) is 6.92 Å². The van der Waals surface area contributed by atoms with Crippen molar-refractivity contribution in [1.82, 2.24) is 0 Å². The molecule has 0 radical (unpaired) electrons. The zero-order valence-corrected chi connectivity index (χ0v) is 15.5. The van der Waals surface area contributed by atoms with Crippen LogP contribution in [0.2, 0.25) is 0 Å². The zero-order chi connectivity index (χ0) is 14.9. The largest absolute Gasteiger partial charge is 0.0786 e. The first-order valence-corrected chi connectivity index (χ1v) is 8.50. The van der Waals surface area contributed by atoms with E-state index in [1.807, 2.05) is 0 Å². The van der Waals surface area contributed by atoms with E-state index in [-0.39, 0.29) is 10.2 Å². The lowest BCUT2D eigenvalue weighted by atomic mass is 9.86. The first kappa shape index (κ1) is 15.8. The van der Waals surface area contributed by atoms with Gasteiger partial charge in [0.2, 0.25) is 0 Å². The molecule has 0 N–H and O–H groups in total. The van der Waals surface area contributed by atoms with Gasteiger partial charge in [0.05, 0.1) is 4.83 Å². The molecular weight excluding hydrogens is 376 g/mol. The SMILES string of the molecule is Cc1ccc(Br)cc1C(Br)c1ccc(C(C)(C)C)cc1. The van der Waals surface area contributed by atoms with Gasteiger partial charge in [-0.15, -0.1) is 0 Å². The Balaban J connectivity index is 2.34. The van der Waals surface area contributed by atoms with E-state index in [9.17, 15) is 0 Å². The van der Waals surface area contributed by atoms with Crippen molar-refractivity contribution < 1.29 is 0 Å². The molecule has 2 rings (SSSR count). The molecule has 0 amide bonds. The quantitative estimate of drug-likeness (QED) is 0.506. The third-order valence-electron chi connectivity index (χ3n) is 3.58.